The van der Waals surface area contributed by atoms with Gasteiger partial charge in [0.25, 0.3) is 0 Å². The van der Waals surface area contributed by atoms with Crippen molar-refractivity contribution in [2.45, 2.75) is 20.0 Å². The fourth-order valence-corrected chi connectivity index (χ4v) is 1.83. The zero-order valence-electron chi connectivity index (χ0n) is 9.53. The second kappa shape index (κ2) is 7.01. The number of benzene rings is 1. The number of rotatable bonds is 2. The van der Waals surface area contributed by atoms with Gasteiger partial charge in [-0.3, -0.25) is 0 Å². The number of carboxylic acids is 1. The van der Waals surface area contributed by atoms with Gasteiger partial charge in [0.1, 0.15) is 0 Å². The minimum absolute atomic E-state index is 0.176. The summed E-state index contributed by atoms with van der Waals surface area (Å²) in [5.74, 6) is -0.935. The Labute approximate surface area is 92.9 Å². The molecule has 1 aromatic carbocycles. The molecule has 0 radical (unpaired) electrons. The maximum atomic E-state index is 9.60. The molecule has 0 unspecified atom stereocenters. The van der Waals surface area contributed by atoms with Crippen molar-refractivity contribution < 1.29 is 9.90 Å². The quantitative estimate of drug-likeness (QED) is 0.614. The van der Waals surface area contributed by atoms with Crippen LogP contribution in [0.3, 0.4) is 0 Å². The summed E-state index contributed by atoms with van der Waals surface area (Å²) in [4.78, 5) is 9.60. The van der Waals surface area contributed by atoms with Crippen LogP contribution in [0.4, 0.5) is 0 Å². The Morgan fingerprint density at radius 3 is 1.87 bits per heavy atom. The average Bonchev–Trinajstić information content (AvgIpc) is 2.20. The van der Waals surface area contributed by atoms with Gasteiger partial charge in [0.05, 0.1) is 8.80 Å². The van der Waals surface area contributed by atoms with E-state index in [4.69, 9.17) is 5.11 Å². The zero-order valence-corrected chi connectivity index (χ0v) is 10.7. The Hall–Kier alpha value is -1.35. The molecule has 1 N–H and O–H groups in total. The molecule has 0 aliphatic carbocycles. The minimum atomic E-state index is -0.935. The first kappa shape index (κ1) is 13.6. The molecule has 0 aromatic heterocycles. The number of aliphatic carboxylic acids is 1. The zero-order chi connectivity index (χ0) is 11.8. The predicted molar refractivity (Wildman–Crippen MR) is 67.4 cm³/mol. The number of carbonyl (C=O) groups is 1. The molecule has 0 heterocycles. The molecule has 0 spiro atoms. The summed E-state index contributed by atoms with van der Waals surface area (Å²) in [6, 6.07) is 10.7. The van der Waals surface area contributed by atoms with Crippen LogP contribution in [-0.4, -0.2) is 19.9 Å². The second-order valence-electron chi connectivity index (χ2n) is 3.65. The highest BCUT2D eigenvalue weighted by Crippen LogP contribution is 1.86. The summed E-state index contributed by atoms with van der Waals surface area (Å²) < 4.78 is 0. The van der Waals surface area contributed by atoms with Crippen LogP contribution in [0.2, 0.25) is 13.1 Å². The minimum Gasteiger partial charge on any atom is -0.478 e. The summed E-state index contributed by atoms with van der Waals surface area (Å²) in [6.07, 6.45) is 0. The highest BCUT2D eigenvalue weighted by atomic mass is 28.3. The van der Waals surface area contributed by atoms with E-state index in [0.29, 0.717) is 0 Å². The Morgan fingerprint density at radius 1 is 1.27 bits per heavy atom. The Balaban J connectivity index is 0.000000288. The van der Waals surface area contributed by atoms with Crippen LogP contribution in [0, 0.1) is 0 Å². The van der Waals surface area contributed by atoms with Crippen LogP contribution in [0.1, 0.15) is 6.92 Å². The van der Waals surface area contributed by atoms with E-state index in [0.717, 1.165) is 0 Å². The molecule has 1 aromatic rings. The average molecular weight is 222 g/mol. The molecule has 0 saturated carbocycles. The molecule has 0 aliphatic heterocycles. The van der Waals surface area contributed by atoms with Crippen LogP contribution >= 0.6 is 0 Å². The normalized spacial score (nSPS) is 9.07. The summed E-state index contributed by atoms with van der Waals surface area (Å²) in [5, 5.41) is 9.44. The van der Waals surface area contributed by atoms with E-state index >= 15 is 0 Å². The van der Waals surface area contributed by atoms with Gasteiger partial charge in [0, 0.05) is 5.57 Å². The molecule has 0 atom stereocenters. The summed E-state index contributed by atoms with van der Waals surface area (Å²) >= 11 is 0. The van der Waals surface area contributed by atoms with Crippen LogP contribution in [0.5, 0.6) is 0 Å². The van der Waals surface area contributed by atoms with Gasteiger partial charge >= 0.3 is 5.97 Å². The highest BCUT2D eigenvalue weighted by molar-refractivity contribution is 6.70. The Morgan fingerprint density at radius 2 is 1.67 bits per heavy atom. The molecular formula is C12H18O2Si. The fourth-order valence-electron chi connectivity index (χ4n) is 0.838. The molecule has 0 bridgehead atoms. The van der Waals surface area contributed by atoms with E-state index < -0.39 is 14.8 Å². The summed E-state index contributed by atoms with van der Waals surface area (Å²) in [5.41, 5.74) is 0.176. The third-order valence-corrected chi connectivity index (χ3v) is 3.55. The van der Waals surface area contributed by atoms with Gasteiger partial charge in [-0.25, -0.2) is 4.79 Å². The molecule has 0 fully saturated rings. The molecule has 0 amide bonds. The molecule has 15 heavy (non-hydrogen) atoms. The molecular weight excluding hydrogens is 204 g/mol. The van der Waals surface area contributed by atoms with E-state index in [2.05, 4.69) is 50.0 Å². The second-order valence-corrected chi connectivity index (χ2v) is 6.63. The van der Waals surface area contributed by atoms with Gasteiger partial charge in [-0.2, -0.15) is 0 Å². The molecule has 82 valence electrons. The maximum Gasteiger partial charge on any atom is 0.330 e. The van der Waals surface area contributed by atoms with Crippen molar-refractivity contribution in [3.05, 3.63) is 42.5 Å². The van der Waals surface area contributed by atoms with Gasteiger partial charge in [-0.1, -0.05) is 55.2 Å². The maximum absolute atomic E-state index is 9.60. The van der Waals surface area contributed by atoms with Gasteiger partial charge in [-0.15, -0.1) is 0 Å². The lowest BCUT2D eigenvalue weighted by atomic mass is 10.4. The van der Waals surface area contributed by atoms with E-state index in [1.165, 1.54) is 6.92 Å². The Bertz CT molecular complexity index is 306. The van der Waals surface area contributed by atoms with Crippen molar-refractivity contribution in [2.24, 2.45) is 0 Å². The van der Waals surface area contributed by atoms with Crippen molar-refractivity contribution in [3.8, 4) is 0 Å². The SMILES string of the molecule is C=C(C)C(=O)O.C[SiH](C)c1ccccc1. The third-order valence-electron chi connectivity index (χ3n) is 1.83. The van der Waals surface area contributed by atoms with Crippen molar-refractivity contribution in [3.63, 3.8) is 0 Å². The van der Waals surface area contributed by atoms with Crippen LogP contribution in [0.25, 0.3) is 0 Å². The predicted octanol–water partition coefficient (Wildman–Crippen LogP) is 2.03. The lowest BCUT2D eigenvalue weighted by Gasteiger charge is -1.99. The van der Waals surface area contributed by atoms with Crippen molar-refractivity contribution >= 4 is 20.0 Å². The standard InChI is InChI=1S/C8H12Si.C4H6O2/c1-9(2)8-6-4-3-5-7-8;1-3(2)4(5)6/h3-7,9H,1-2H3;1H2,2H3,(H,5,6). The third kappa shape index (κ3) is 6.68. The molecule has 3 heteroatoms. The number of carboxylic acid groups (broad SMARTS) is 1. The van der Waals surface area contributed by atoms with Crippen molar-refractivity contribution in [1.29, 1.82) is 0 Å². The van der Waals surface area contributed by atoms with E-state index in [1.54, 1.807) is 5.19 Å². The largest absolute Gasteiger partial charge is 0.478 e. The number of hydrogen-bond acceptors (Lipinski definition) is 1. The number of hydrogen-bond donors (Lipinski definition) is 1. The first-order valence-corrected chi connectivity index (χ1v) is 7.77. The lowest BCUT2D eigenvalue weighted by molar-refractivity contribution is -0.132. The molecule has 0 aliphatic rings. The van der Waals surface area contributed by atoms with Crippen LogP contribution < -0.4 is 5.19 Å². The first-order chi connectivity index (χ1) is 6.95. The van der Waals surface area contributed by atoms with Crippen molar-refractivity contribution in [1.82, 2.24) is 0 Å². The Kier molecular flexibility index (Phi) is 6.38. The van der Waals surface area contributed by atoms with Gasteiger partial charge in [-0.05, 0) is 6.92 Å². The lowest BCUT2D eigenvalue weighted by Crippen LogP contribution is -2.21. The van der Waals surface area contributed by atoms with Gasteiger partial charge in [0.2, 0.25) is 0 Å². The van der Waals surface area contributed by atoms with Crippen molar-refractivity contribution in [2.75, 3.05) is 0 Å². The fraction of sp³-hybridized carbons (Fsp3) is 0.250. The van der Waals surface area contributed by atoms with Gasteiger partial charge < -0.3 is 5.11 Å². The van der Waals surface area contributed by atoms with Gasteiger partial charge in [0.15, 0.2) is 0 Å². The highest BCUT2D eigenvalue weighted by Gasteiger charge is 1.95. The molecule has 2 nitrogen and oxygen atoms in total. The first-order valence-electron chi connectivity index (χ1n) is 4.89. The van der Waals surface area contributed by atoms with Crippen LogP contribution in [0.15, 0.2) is 42.5 Å². The van der Waals surface area contributed by atoms with Crippen LogP contribution in [-0.2, 0) is 4.79 Å². The van der Waals surface area contributed by atoms with E-state index in [-0.39, 0.29) is 5.57 Å². The summed E-state index contributed by atoms with van der Waals surface area (Å²) in [7, 11) is -0.529. The molecule has 0 saturated heterocycles. The smallest absolute Gasteiger partial charge is 0.330 e. The topological polar surface area (TPSA) is 37.3 Å². The molecule has 1 rings (SSSR count). The van der Waals surface area contributed by atoms with E-state index in [9.17, 15) is 4.79 Å². The van der Waals surface area contributed by atoms with E-state index in [1.807, 2.05) is 0 Å². The monoisotopic (exact) mass is 222 g/mol. The summed E-state index contributed by atoms with van der Waals surface area (Å²) in [6.45, 7) is 9.29.